The maximum atomic E-state index is 6.56. The fraction of sp³-hybridized carbons (Fsp3) is 0.692. The average molecular weight is 223 g/mol. The Morgan fingerprint density at radius 3 is 2.27 bits per heavy atom. The predicted molar refractivity (Wildman–Crippen MR) is 67.2 cm³/mol. The summed E-state index contributed by atoms with van der Waals surface area (Å²) in [5, 5.41) is 2.17. The summed E-state index contributed by atoms with van der Waals surface area (Å²) < 4.78 is 0. The zero-order chi connectivity index (χ0) is 11.1. The summed E-state index contributed by atoms with van der Waals surface area (Å²) in [7, 11) is 0. The average Bonchev–Trinajstić information content (AvgIpc) is 2.58. The van der Waals surface area contributed by atoms with E-state index in [9.17, 15) is 0 Å². The third kappa shape index (κ3) is 2.11. The van der Waals surface area contributed by atoms with Crippen LogP contribution in [0.25, 0.3) is 0 Å². The molecule has 1 aromatic heterocycles. The first-order chi connectivity index (χ1) is 6.93. The third-order valence-corrected chi connectivity index (χ3v) is 5.05. The van der Waals surface area contributed by atoms with E-state index in [1.165, 1.54) is 23.3 Å². The summed E-state index contributed by atoms with van der Waals surface area (Å²) in [6.45, 7) is 6.89. The highest BCUT2D eigenvalue weighted by molar-refractivity contribution is 7.10. The first-order valence-corrected chi connectivity index (χ1v) is 6.64. The van der Waals surface area contributed by atoms with E-state index in [-0.39, 0.29) is 5.54 Å². The number of nitrogens with two attached hydrogens (primary N) is 1. The molecule has 0 radical (unpaired) electrons. The van der Waals surface area contributed by atoms with Gasteiger partial charge in [0.25, 0.3) is 0 Å². The molecule has 0 amide bonds. The van der Waals surface area contributed by atoms with Crippen molar-refractivity contribution in [1.82, 2.24) is 0 Å². The van der Waals surface area contributed by atoms with Gasteiger partial charge in [-0.2, -0.15) is 0 Å². The van der Waals surface area contributed by atoms with Gasteiger partial charge in [-0.05, 0) is 55.0 Å². The largest absolute Gasteiger partial charge is 0.321 e. The Labute approximate surface area is 96.7 Å². The first kappa shape index (κ1) is 11.2. The molecule has 0 aliphatic heterocycles. The molecule has 2 rings (SSSR count). The van der Waals surface area contributed by atoms with Crippen LogP contribution in [0, 0.1) is 12.3 Å². The van der Waals surface area contributed by atoms with Crippen molar-refractivity contribution in [2.45, 2.75) is 52.0 Å². The second kappa shape index (κ2) is 3.60. The Balaban J connectivity index is 2.20. The van der Waals surface area contributed by atoms with Crippen LogP contribution < -0.4 is 5.73 Å². The third-order valence-electron chi connectivity index (χ3n) is 3.81. The highest BCUT2D eigenvalue weighted by Gasteiger charge is 2.37. The molecule has 1 heterocycles. The van der Waals surface area contributed by atoms with Crippen LogP contribution in [0.1, 0.15) is 50.0 Å². The number of hydrogen-bond donors (Lipinski definition) is 1. The minimum atomic E-state index is -0.0340. The lowest BCUT2D eigenvalue weighted by atomic mass is 9.69. The summed E-state index contributed by atoms with van der Waals surface area (Å²) in [5.74, 6) is 0. The molecule has 1 fully saturated rings. The van der Waals surface area contributed by atoms with E-state index in [0.29, 0.717) is 5.41 Å². The lowest BCUT2D eigenvalue weighted by Gasteiger charge is -2.41. The molecule has 1 aromatic rings. The zero-order valence-electron chi connectivity index (χ0n) is 9.97. The van der Waals surface area contributed by atoms with Crippen LogP contribution in [0.3, 0.4) is 0 Å². The molecule has 84 valence electrons. The number of rotatable bonds is 1. The van der Waals surface area contributed by atoms with Gasteiger partial charge in [-0.1, -0.05) is 13.8 Å². The molecule has 1 nitrogen and oxygen atoms in total. The molecule has 2 N–H and O–H groups in total. The fourth-order valence-electron chi connectivity index (χ4n) is 2.48. The SMILES string of the molecule is Cc1ccsc1C1(N)CCC(C)(C)CC1. The quantitative estimate of drug-likeness (QED) is 0.769. The molecule has 0 aromatic carbocycles. The Bertz CT molecular complexity index is 341. The van der Waals surface area contributed by atoms with E-state index < -0.39 is 0 Å². The minimum absolute atomic E-state index is 0.0340. The first-order valence-electron chi connectivity index (χ1n) is 5.76. The fourth-order valence-corrected chi connectivity index (χ4v) is 3.58. The van der Waals surface area contributed by atoms with Gasteiger partial charge in [-0.25, -0.2) is 0 Å². The van der Waals surface area contributed by atoms with Crippen molar-refractivity contribution in [3.05, 3.63) is 21.9 Å². The monoisotopic (exact) mass is 223 g/mol. The van der Waals surface area contributed by atoms with Crippen LogP contribution in [-0.2, 0) is 5.54 Å². The zero-order valence-corrected chi connectivity index (χ0v) is 10.8. The molecular formula is C13H21NS. The molecule has 0 saturated heterocycles. The van der Waals surface area contributed by atoms with Crippen LogP contribution in [0.4, 0.5) is 0 Å². The van der Waals surface area contributed by atoms with E-state index in [0.717, 1.165) is 12.8 Å². The van der Waals surface area contributed by atoms with Crippen molar-refractivity contribution in [2.75, 3.05) is 0 Å². The molecule has 0 bridgehead atoms. The van der Waals surface area contributed by atoms with Gasteiger partial charge < -0.3 is 5.73 Å². The van der Waals surface area contributed by atoms with Crippen molar-refractivity contribution >= 4 is 11.3 Å². The van der Waals surface area contributed by atoms with Gasteiger partial charge in [-0.3, -0.25) is 0 Å². The molecule has 2 heteroatoms. The van der Waals surface area contributed by atoms with Gasteiger partial charge in [0.2, 0.25) is 0 Å². The normalized spacial score (nSPS) is 24.0. The smallest absolute Gasteiger partial charge is 0.0506 e. The molecule has 0 unspecified atom stereocenters. The highest BCUT2D eigenvalue weighted by Crippen LogP contribution is 2.45. The van der Waals surface area contributed by atoms with Crippen molar-refractivity contribution in [3.63, 3.8) is 0 Å². The predicted octanol–water partition coefficient (Wildman–Crippen LogP) is 3.81. The number of aryl methyl sites for hydroxylation is 1. The summed E-state index contributed by atoms with van der Waals surface area (Å²) in [4.78, 5) is 1.41. The van der Waals surface area contributed by atoms with Crippen molar-refractivity contribution in [1.29, 1.82) is 0 Å². The maximum Gasteiger partial charge on any atom is 0.0506 e. The standard InChI is InChI=1S/C13H21NS/c1-10-4-9-15-11(10)13(14)7-5-12(2,3)6-8-13/h4,9H,5-8,14H2,1-3H3. The highest BCUT2D eigenvalue weighted by atomic mass is 32.1. The second-order valence-electron chi connectivity index (χ2n) is 5.75. The van der Waals surface area contributed by atoms with E-state index in [2.05, 4.69) is 32.2 Å². The number of thiophene rings is 1. The van der Waals surface area contributed by atoms with Gasteiger partial charge in [-0.15, -0.1) is 11.3 Å². The Morgan fingerprint density at radius 2 is 1.80 bits per heavy atom. The van der Waals surface area contributed by atoms with Crippen LogP contribution in [0.15, 0.2) is 11.4 Å². The van der Waals surface area contributed by atoms with E-state index in [1.54, 1.807) is 0 Å². The van der Waals surface area contributed by atoms with Crippen LogP contribution >= 0.6 is 11.3 Å². The van der Waals surface area contributed by atoms with Gasteiger partial charge in [0.05, 0.1) is 5.54 Å². The molecule has 1 aliphatic carbocycles. The molecule has 0 spiro atoms. The summed E-state index contributed by atoms with van der Waals surface area (Å²) in [6, 6.07) is 2.19. The lowest BCUT2D eigenvalue weighted by molar-refractivity contribution is 0.167. The van der Waals surface area contributed by atoms with Gasteiger partial charge in [0, 0.05) is 4.88 Å². The summed E-state index contributed by atoms with van der Waals surface area (Å²) >= 11 is 1.83. The van der Waals surface area contributed by atoms with Crippen molar-refractivity contribution in [3.8, 4) is 0 Å². The van der Waals surface area contributed by atoms with Crippen molar-refractivity contribution in [2.24, 2.45) is 11.1 Å². The topological polar surface area (TPSA) is 26.0 Å². The minimum Gasteiger partial charge on any atom is -0.321 e. The Kier molecular flexibility index (Phi) is 2.68. The van der Waals surface area contributed by atoms with E-state index >= 15 is 0 Å². The van der Waals surface area contributed by atoms with Gasteiger partial charge >= 0.3 is 0 Å². The van der Waals surface area contributed by atoms with E-state index in [1.807, 2.05) is 11.3 Å². The van der Waals surface area contributed by atoms with E-state index in [4.69, 9.17) is 5.73 Å². The van der Waals surface area contributed by atoms with Crippen LogP contribution in [0.5, 0.6) is 0 Å². The Hall–Kier alpha value is -0.340. The summed E-state index contributed by atoms with van der Waals surface area (Å²) in [5.41, 5.74) is 8.39. The van der Waals surface area contributed by atoms with Crippen LogP contribution in [-0.4, -0.2) is 0 Å². The molecular weight excluding hydrogens is 202 g/mol. The van der Waals surface area contributed by atoms with Crippen molar-refractivity contribution < 1.29 is 0 Å². The van der Waals surface area contributed by atoms with Crippen LogP contribution in [0.2, 0.25) is 0 Å². The van der Waals surface area contributed by atoms with Gasteiger partial charge in [0.15, 0.2) is 0 Å². The maximum absolute atomic E-state index is 6.56. The molecule has 15 heavy (non-hydrogen) atoms. The lowest BCUT2D eigenvalue weighted by Crippen LogP contribution is -2.42. The molecule has 1 saturated carbocycles. The summed E-state index contributed by atoms with van der Waals surface area (Å²) in [6.07, 6.45) is 4.78. The second-order valence-corrected chi connectivity index (χ2v) is 6.67. The number of hydrogen-bond acceptors (Lipinski definition) is 2. The molecule has 1 aliphatic rings. The Morgan fingerprint density at radius 1 is 1.20 bits per heavy atom. The van der Waals surface area contributed by atoms with Gasteiger partial charge in [0.1, 0.15) is 0 Å². The molecule has 0 atom stereocenters.